The molecule has 0 atom stereocenters. The maximum atomic E-state index is 12.7. The Morgan fingerprint density at radius 1 is 1.17 bits per heavy atom. The van der Waals surface area contributed by atoms with E-state index in [1.165, 1.54) is 16.8 Å². The topological polar surface area (TPSA) is 51.5 Å². The fourth-order valence-corrected chi connectivity index (χ4v) is 2.04. The number of anilines is 1. The highest BCUT2D eigenvalue weighted by atomic mass is 19.4. The number of aromatic nitrogens is 3. The van der Waals surface area contributed by atoms with Crippen LogP contribution in [-0.2, 0) is 6.18 Å². The van der Waals surface area contributed by atoms with Gasteiger partial charge in [0.15, 0.2) is 17.2 Å². The number of para-hydroxylation sites is 1. The highest BCUT2D eigenvalue weighted by Crippen LogP contribution is 2.29. The highest BCUT2D eigenvalue weighted by Gasteiger charge is 2.34. The molecule has 0 fully saturated rings. The van der Waals surface area contributed by atoms with Crippen LogP contribution >= 0.6 is 0 Å². The van der Waals surface area contributed by atoms with E-state index in [0.717, 1.165) is 11.9 Å². The second-order valence-electron chi connectivity index (χ2n) is 4.72. The summed E-state index contributed by atoms with van der Waals surface area (Å²) in [5, 5.41) is 2.94. The van der Waals surface area contributed by atoms with Crippen molar-refractivity contribution in [3.05, 3.63) is 54.6 Å². The highest BCUT2D eigenvalue weighted by molar-refractivity contribution is 5.63. The van der Waals surface area contributed by atoms with Crippen molar-refractivity contribution in [3.8, 4) is 5.75 Å². The molecule has 5 nitrogen and oxygen atoms in total. The molecule has 3 rings (SSSR count). The predicted octanol–water partition coefficient (Wildman–Crippen LogP) is 3.24. The Bertz CT molecular complexity index is 786. The van der Waals surface area contributed by atoms with Crippen LogP contribution in [0.5, 0.6) is 5.75 Å². The molecule has 1 N–H and O–H groups in total. The average molecular weight is 322 g/mol. The van der Waals surface area contributed by atoms with Gasteiger partial charge >= 0.3 is 6.18 Å². The van der Waals surface area contributed by atoms with Gasteiger partial charge in [-0.15, -0.1) is 0 Å². The summed E-state index contributed by atoms with van der Waals surface area (Å²) < 4.78 is 44.9. The van der Waals surface area contributed by atoms with Crippen LogP contribution in [0.15, 0.2) is 48.9 Å². The zero-order chi connectivity index (χ0) is 16.3. The van der Waals surface area contributed by atoms with Crippen LogP contribution in [0.3, 0.4) is 0 Å². The molecule has 8 heteroatoms. The van der Waals surface area contributed by atoms with Crippen molar-refractivity contribution in [2.24, 2.45) is 0 Å². The number of fused-ring (bicyclic) bond motifs is 1. The molecule has 0 unspecified atom stereocenters. The van der Waals surface area contributed by atoms with Gasteiger partial charge in [-0.1, -0.05) is 18.2 Å². The second kappa shape index (κ2) is 6.15. The summed E-state index contributed by atoms with van der Waals surface area (Å²) in [5.41, 5.74) is -0.825. The second-order valence-corrected chi connectivity index (χ2v) is 4.72. The quantitative estimate of drug-likeness (QED) is 0.733. The number of nitrogens with zero attached hydrogens (tertiary/aromatic N) is 3. The number of benzene rings is 1. The number of rotatable bonds is 5. The van der Waals surface area contributed by atoms with E-state index in [-0.39, 0.29) is 11.5 Å². The van der Waals surface area contributed by atoms with Crippen LogP contribution in [0, 0.1) is 0 Å². The van der Waals surface area contributed by atoms with Gasteiger partial charge in [0, 0.05) is 18.6 Å². The molecule has 0 radical (unpaired) electrons. The molecular weight excluding hydrogens is 309 g/mol. The van der Waals surface area contributed by atoms with Crippen molar-refractivity contribution in [3.63, 3.8) is 0 Å². The Labute approximate surface area is 129 Å². The van der Waals surface area contributed by atoms with Gasteiger partial charge in [-0.05, 0) is 12.1 Å². The van der Waals surface area contributed by atoms with Crippen LogP contribution in [-0.4, -0.2) is 27.5 Å². The molecule has 0 bridgehead atoms. The summed E-state index contributed by atoms with van der Waals surface area (Å²) in [6.45, 7) is 0.732. The number of hydrogen-bond donors (Lipinski definition) is 1. The molecule has 0 saturated carbocycles. The van der Waals surface area contributed by atoms with Crippen LogP contribution in [0.25, 0.3) is 5.65 Å². The average Bonchev–Trinajstić information content (AvgIpc) is 2.98. The summed E-state index contributed by atoms with van der Waals surface area (Å²) in [5.74, 6) is 1.00. The molecule has 120 valence electrons. The summed E-state index contributed by atoms with van der Waals surface area (Å²) in [7, 11) is 0. The fraction of sp³-hybridized carbons (Fsp3) is 0.200. The van der Waals surface area contributed by atoms with Gasteiger partial charge in [0.25, 0.3) is 0 Å². The van der Waals surface area contributed by atoms with Crippen molar-refractivity contribution in [1.82, 2.24) is 14.4 Å². The molecule has 0 amide bonds. The van der Waals surface area contributed by atoms with Gasteiger partial charge in [-0.3, -0.25) is 0 Å². The molecule has 23 heavy (non-hydrogen) atoms. The van der Waals surface area contributed by atoms with E-state index >= 15 is 0 Å². The van der Waals surface area contributed by atoms with Crippen molar-refractivity contribution in [2.45, 2.75) is 6.18 Å². The zero-order valence-electron chi connectivity index (χ0n) is 11.9. The predicted molar refractivity (Wildman–Crippen MR) is 78.4 cm³/mol. The molecule has 2 heterocycles. The number of halogens is 3. The summed E-state index contributed by atoms with van der Waals surface area (Å²) in [6.07, 6.45) is -0.721. The van der Waals surface area contributed by atoms with Crippen LogP contribution < -0.4 is 10.1 Å². The van der Waals surface area contributed by atoms with Crippen LogP contribution in [0.1, 0.15) is 5.69 Å². The first-order valence-electron chi connectivity index (χ1n) is 6.87. The minimum Gasteiger partial charge on any atom is -0.492 e. The maximum absolute atomic E-state index is 12.7. The van der Waals surface area contributed by atoms with Gasteiger partial charge in [-0.25, -0.2) is 9.97 Å². The van der Waals surface area contributed by atoms with Gasteiger partial charge in [0.2, 0.25) is 0 Å². The van der Waals surface area contributed by atoms with E-state index in [2.05, 4.69) is 15.3 Å². The Balaban J connectivity index is 1.67. The standard InChI is InChI=1S/C15H13F3N4O/c16-15(17,18)12-10-22-8-6-19-13(14(22)21-12)20-7-9-23-11-4-2-1-3-5-11/h1-6,8,10H,7,9H2,(H,19,20). The van der Waals surface area contributed by atoms with Crippen LogP contribution in [0.4, 0.5) is 19.0 Å². The molecule has 1 aromatic carbocycles. The Kier molecular flexibility index (Phi) is 4.05. The molecular formula is C15H13F3N4O. The monoisotopic (exact) mass is 322 g/mol. The summed E-state index contributed by atoms with van der Waals surface area (Å²) in [6, 6.07) is 9.24. The summed E-state index contributed by atoms with van der Waals surface area (Å²) >= 11 is 0. The van der Waals surface area contributed by atoms with E-state index in [9.17, 15) is 13.2 Å². The largest absolute Gasteiger partial charge is 0.492 e. The first-order valence-corrected chi connectivity index (χ1v) is 6.87. The van der Waals surface area contributed by atoms with Crippen molar-refractivity contribution in [1.29, 1.82) is 0 Å². The van der Waals surface area contributed by atoms with Crippen molar-refractivity contribution in [2.75, 3.05) is 18.5 Å². The number of ether oxygens (including phenoxy) is 1. The van der Waals surface area contributed by atoms with E-state index in [1.54, 1.807) is 0 Å². The normalized spacial score (nSPS) is 11.6. The number of nitrogens with one attached hydrogen (secondary N) is 1. The molecule has 0 aliphatic carbocycles. The number of hydrogen-bond acceptors (Lipinski definition) is 4. The van der Waals surface area contributed by atoms with Gasteiger partial charge in [-0.2, -0.15) is 13.2 Å². The van der Waals surface area contributed by atoms with Crippen LogP contribution in [0.2, 0.25) is 0 Å². The Morgan fingerprint density at radius 3 is 2.70 bits per heavy atom. The lowest BCUT2D eigenvalue weighted by Gasteiger charge is -2.08. The lowest BCUT2D eigenvalue weighted by Crippen LogP contribution is -2.13. The van der Waals surface area contributed by atoms with E-state index in [0.29, 0.717) is 13.2 Å². The van der Waals surface area contributed by atoms with Gasteiger partial charge < -0.3 is 14.5 Å². The molecule has 0 spiro atoms. The smallest absolute Gasteiger partial charge is 0.434 e. The van der Waals surface area contributed by atoms with Gasteiger partial charge in [0.05, 0.1) is 6.54 Å². The lowest BCUT2D eigenvalue weighted by molar-refractivity contribution is -0.140. The zero-order valence-corrected chi connectivity index (χ0v) is 11.9. The minimum absolute atomic E-state index is 0.125. The third kappa shape index (κ3) is 3.53. The third-order valence-electron chi connectivity index (χ3n) is 3.07. The first-order chi connectivity index (χ1) is 11.0. The van der Waals surface area contributed by atoms with Crippen molar-refractivity contribution >= 4 is 11.5 Å². The SMILES string of the molecule is FC(F)(F)c1cn2ccnc(NCCOc3ccccc3)c2n1. The Hall–Kier alpha value is -2.77. The summed E-state index contributed by atoms with van der Waals surface area (Å²) in [4.78, 5) is 7.62. The number of alkyl halides is 3. The Morgan fingerprint density at radius 2 is 1.96 bits per heavy atom. The number of imidazole rings is 1. The van der Waals surface area contributed by atoms with Crippen molar-refractivity contribution < 1.29 is 17.9 Å². The van der Waals surface area contributed by atoms with E-state index < -0.39 is 11.9 Å². The maximum Gasteiger partial charge on any atom is 0.434 e. The molecule has 0 aliphatic heterocycles. The third-order valence-corrected chi connectivity index (χ3v) is 3.07. The fourth-order valence-electron chi connectivity index (χ4n) is 2.04. The van der Waals surface area contributed by atoms with Gasteiger partial charge in [0.1, 0.15) is 12.4 Å². The molecule has 3 aromatic rings. The van der Waals surface area contributed by atoms with E-state index in [1.807, 2.05) is 30.3 Å². The first kappa shape index (κ1) is 15.1. The molecule has 0 saturated heterocycles. The lowest BCUT2D eigenvalue weighted by atomic mass is 10.3. The molecule has 0 aliphatic rings. The molecule has 2 aromatic heterocycles. The minimum atomic E-state index is -4.49. The van der Waals surface area contributed by atoms with E-state index in [4.69, 9.17) is 4.74 Å².